The van der Waals surface area contributed by atoms with Crippen LogP contribution in [0.1, 0.15) is 17.8 Å². The number of halogens is 2. The molecule has 178 valence electrons. The number of fused-ring (bicyclic) bond motifs is 1. The molecule has 0 aliphatic heterocycles. The molecule has 2 aromatic heterocycles. The lowest BCUT2D eigenvalue weighted by Gasteiger charge is -2.13. The molecule has 2 N–H and O–H groups in total. The molecule has 34 heavy (non-hydrogen) atoms. The summed E-state index contributed by atoms with van der Waals surface area (Å²) in [5.41, 5.74) is 2.95. The van der Waals surface area contributed by atoms with Crippen LogP contribution >= 0.6 is 24.0 Å². The number of aryl methyl sites for hydroxylation is 2. The molecule has 0 saturated heterocycles. The third-order valence-corrected chi connectivity index (χ3v) is 5.24. The van der Waals surface area contributed by atoms with Gasteiger partial charge in [0.2, 0.25) is 0 Å². The number of ether oxygens (including phenoxy) is 1. The van der Waals surface area contributed by atoms with Gasteiger partial charge in [0.05, 0.1) is 17.2 Å². The third-order valence-electron chi connectivity index (χ3n) is 5.24. The third kappa shape index (κ3) is 6.43. The summed E-state index contributed by atoms with van der Waals surface area (Å²) in [7, 11) is 1.72. The molecule has 4 rings (SSSR count). The van der Waals surface area contributed by atoms with E-state index in [1.165, 1.54) is 6.07 Å². The molecular weight excluding hydrogens is 546 g/mol. The van der Waals surface area contributed by atoms with E-state index in [-0.39, 0.29) is 29.7 Å². The first-order valence-corrected chi connectivity index (χ1v) is 10.9. The van der Waals surface area contributed by atoms with Gasteiger partial charge in [0.25, 0.3) is 0 Å². The van der Waals surface area contributed by atoms with Crippen LogP contribution < -0.4 is 15.4 Å². The number of nitrogens with one attached hydrogen (secondary N) is 2. The largest absolute Gasteiger partial charge is 0.453 e. The maximum absolute atomic E-state index is 14.4. The highest BCUT2D eigenvalue weighted by Gasteiger charge is 2.08. The van der Waals surface area contributed by atoms with Crippen LogP contribution in [0.15, 0.2) is 72.0 Å². The summed E-state index contributed by atoms with van der Waals surface area (Å²) >= 11 is 0. The van der Waals surface area contributed by atoms with Gasteiger partial charge < -0.3 is 19.9 Å². The van der Waals surface area contributed by atoms with Gasteiger partial charge >= 0.3 is 0 Å². The second kappa shape index (κ2) is 12.3. The van der Waals surface area contributed by atoms with Gasteiger partial charge in [-0.3, -0.25) is 9.98 Å². The van der Waals surface area contributed by atoms with Crippen molar-refractivity contribution in [2.24, 2.45) is 4.99 Å². The first-order valence-electron chi connectivity index (χ1n) is 10.9. The molecule has 0 amide bonds. The number of hydrogen-bond donors (Lipinski definition) is 2. The number of guanidine groups is 1. The zero-order valence-corrected chi connectivity index (χ0v) is 21.5. The summed E-state index contributed by atoms with van der Waals surface area (Å²) in [4.78, 5) is 12.8. The van der Waals surface area contributed by atoms with Crippen molar-refractivity contribution in [2.45, 2.75) is 26.4 Å². The molecule has 2 heterocycles. The molecule has 0 unspecified atom stereocenters. The van der Waals surface area contributed by atoms with Crippen LogP contribution in [0.5, 0.6) is 11.5 Å². The minimum Gasteiger partial charge on any atom is -0.453 e. The van der Waals surface area contributed by atoms with Crippen molar-refractivity contribution in [1.82, 2.24) is 25.2 Å². The maximum atomic E-state index is 14.4. The molecule has 0 saturated carbocycles. The van der Waals surface area contributed by atoms with E-state index >= 15 is 0 Å². The molecule has 7 nitrogen and oxygen atoms in total. The topological polar surface area (TPSA) is 76.4 Å². The minimum absolute atomic E-state index is 0. The molecular formula is C25H28FIN6O. The van der Waals surface area contributed by atoms with Crippen LogP contribution in [0, 0.1) is 12.7 Å². The van der Waals surface area contributed by atoms with Gasteiger partial charge in [0, 0.05) is 32.9 Å². The van der Waals surface area contributed by atoms with E-state index in [9.17, 15) is 4.39 Å². The smallest absolute Gasteiger partial charge is 0.191 e. The number of imidazole rings is 1. The quantitative estimate of drug-likeness (QED) is 0.134. The first kappa shape index (κ1) is 25.4. The van der Waals surface area contributed by atoms with E-state index < -0.39 is 5.82 Å². The molecule has 0 spiro atoms. The minimum atomic E-state index is -0.427. The summed E-state index contributed by atoms with van der Waals surface area (Å²) in [5, 5.41) is 6.53. The van der Waals surface area contributed by atoms with Crippen molar-refractivity contribution in [3.05, 3.63) is 84.2 Å². The van der Waals surface area contributed by atoms with E-state index in [1.807, 2.05) is 31.2 Å². The Morgan fingerprint density at radius 1 is 1.12 bits per heavy atom. The zero-order valence-electron chi connectivity index (χ0n) is 19.2. The number of hydrogen-bond acceptors (Lipinski definition) is 4. The number of benzene rings is 2. The average molecular weight is 574 g/mol. The molecule has 0 fully saturated rings. The highest BCUT2D eigenvalue weighted by atomic mass is 127. The fourth-order valence-electron chi connectivity index (χ4n) is 3.60. The summed E-state index contributed by atoms with van der Waals surface area (Å²) < 4.78 is 22.2. The second-order valence-corrected chi connectivity index (χ2v) is 7.56. The van der Waals surface area contributed by atoms with Crippen LogP contribution in [-0.4, -0.2) is 34.1 Å². The van der Waals surface area contributed by atoms with Gasteiger partial charge in [-0.15, -0.1) is 24.0 Å². The number of aliphatic imine (C=N–C) groups is 1. The predicted octanol–water partition coefficient (Wildman–Crippen LogP) is 5.04. The summed E-state index contributed by atoms with van der Waals surface area (Å²) in [6.07, 6.45) is 4.09. The fraction of sp³-hybridized carbons (Fsp3) is 0.240. The Morgan fingerprint density at radius 2 is 1.97 bits per heavy atom. The molecule has 0 aliphatic carbocycles. The van der Waals surface area contributed by atoms with E-state index in [2.05, 4.69) is 36.2 Å². The maximum Gasteiger partial charge on any atom is 0.191 e. The lowest BCUT2D eigenvalue weighted by atomic mass is 10.2. The summed E-state index contributed by atoms with van der Waals surface area (Å²) in [6.45, 7) is 4.08. The SMILES string of the molecule is CN=C(NCCCn1c(C)nc2ccccc21)NCc1ccc(Oc2cccnc2)c(F)c1.I. The van der Waals surface area contributed by atoms with Crippen LogP contribution in [0.3, 0.4) is 0 Å². The number of pyridine rings is 1. The molecule has 0 aliphatic rings. The van der Waals surface area contributed by atoms with Crippen LogP contribution in [0.4, 0.5) is 4.39 Å². The van der Waals surface area contributed by atoms with E-state index in [1.54, 1.807) is 37.6 Å². The highest BCUT2D eigenvalue weighted by Crippen LogP contribution is 2.24. The lowest BCUT2D eigenvalue weighted by molar-refractivity contribution is 0.440. The summed E-state index contributed by atoms with van der Waals surface area (Å²) in [5.74, 6) is 1.90. The van der Waals surface area contributed by atoms with Crippen LogP contribution in [0.25, 0.3) is 11.0 Å². The standard InChI is InChI=1S/C25H27FN6O.HI/c1-18-31-22-8-3-4-9-23(22)32(18)14-6-13-29-25(27-2)30-16-19-10-11-24(21(26)15-19)33-20-7-5-12-28-17-20;/h3-5,7-12,15,17H,6,13-14,16H2,1-2H3,(H2,27,29,30);1H. The van der Waals surface area contributed by atoms with Gasteiger partial charge in [-0.1, -0.05) is 18.2 Å². The Morgan fingerprint density at radius 3 is 2.74 bits per heavy atom. The van der Waals surface area contributed by atoms with Gasteiger partial charge in [-0.2, -0.15) is 0 Å². The van der Waals surface area contributed by atoms with Gasteiger partial charge in [0.1, 0.15) is 11.6 Å². The molecule has 0 radical (unpaired) electrons. The van der Waals surface area contributed by atoms with Gasteiger partial charge in [0.15, 0.2) is 17.5 Å². The Hall–Kier alpha value is -3.21. The predicted molar refractivity (Wildman–Crippen MR) is 143 cm³/mol. The molecule has 0 bridgehead atoms. The number of aromatic nitrogens is 3. The van der Waals surface area contributed by atoms with Gasteiger partial charge in [-0.25, -0.2) is 9.37 Å². The van der Waals surface area contributed by atoms with Crippen molar-refractivity contribution in [1.29, 1.82) is 0 Å². The number of rotatable bonds is 8. The number of nitrogens with zero attached hydrogens (tertiary/aromatic N) is 4. The number of para-hydroxylation sites is 2. The Kier molecular flexibility index (Phi) is 9.20. The van der Waals surface area contributed by atoms with Crippen molar-refractivity contribution in [3.8, 4) is 11.5 Å². The molecule has 9 heteroatoms. The first-order chi connectivity index (χ1) is 16.1. The van der Waals surface area contributed by atoms with E-state index in [4.69, 9.17) is 4.74 Å². The van der Waals surface area contributed by atoms with E-state index in [0.29, 0.717) is 18.3 Å². The molecule has 0 atom stereocenters. The van der Waals surface area contributed by atoms with Crippen molar-refractivity contribution < 1.29 is 9.13 Å². The monoisotopic (exact) mass is 574 g/mol. The average Bonchev–Trinajstić information content (AvgIpc) is 3.16. The second-order valence-electron chi connectivity index (χ2n) is 7.56. The molecule has 2 aromatic carbocycles. The van der Waals surface area contributed by atoms with Crippen molar-refractivity contribution in [3.63, 3.8) is 0 Å². The molecule has 4 aromatic rings. The van der Waals surface area contributed by atoms with E-state index in [0.717, 1.165) is 41.9 Å². The highest BCUT2D eigenvalue weighted by molar-refractivity contribution is 14.0. The zero-order chi connectivity index (χ0) is 23.0. The lowest BCUT2D eigenvalue weighted by Crippen LogP contribution is -2.37. The Labute approximate surface area is 215 Å². The summed E-state index contributed by atoms with van der Waals surface area (Å²) in [6, 6.07) is 16.5. The fourth-order valence-corrected chi connectivity index (χ4v) is 3.60. The van der Waals surface area contributed by atoms with Gasteiger partial charge in [-0.05, 0) is 55.3 Å². The van der Waals surface area contributed by atoms with Crippen LogP contribution in [-0.2, 0) is 13.1 Å². The normalized spacial score (nSPS) is 11.2. The van der Waals surface area contributed by atoms with Crippen molar-refractivity contribution in [2.75, 3.05) is 13.6 Å². The Balaban J connectivity index is 0.00000324. The Bertz CT molecular complexity index is 1240. The van der Waals surface area contributed by atoms with Crippen LogP contribution in [0.2, 0.25) is 0 Å². The van der Waals surface area contributed by atoms with Crippen molar-refractivity contribution >= 4 is 41.0 Å².